The molecule has 1 aliphatic rings. The van der Waals surface area contributed by atoms with E-state index in [0.717, 1.165) is 12.2 Å². The first-order valence-electron chi connectivity index (χ1n) is 7.38. The summed E-state index contributed by atoms with van der Waals surface area (Å²) in [6.45, 7) is 7.70. The van der Waals surface area contributed by atoms with Crippen molar-refractivity contribution in [2.75, 3.05) is 23.8 Å². The Kier molecular flexibility index (Phi) is 4.53. The fourth-order valence-corrected chi connectivity index (χ4v) is 2.81. The van der Waals surface area contributed by atoms with Gasteiger partial charge in [-0.05, 0) is 50.8 Å². The predicted octanol–water partition coefficient (Wildman–Crippen LogP) is 3.07. The highest BCUT2D eigenvalue weighted by Crippen LogP contribution is 2.30. The Labute approximate surface area is 120 Å². The number of nitrogens with two attached hydrogens (primary N) is 1. The van der Waals surface area contributed by atoms with E-state index in [1.165, 1.54) is 12.8 Å². The first-order valence-corrected chi connectivity index (χ1v) is 7.38. The van der Waals surface area contributed by atoms with Crippen molar-refractivity contribution in [3.63, 3.8) is 0 Å². The molecule has 0 aromatic heterocycles. The van der Waals surface area contributed by atoms with Crippen LogP contribution in [0.2, 0.25) is 0 Å². The minimum Gasteiger partial charge on any atom is -0.462 e. The zero-order valence-electron chi connectivity index (χ0n) is 12.6. The molecule has 110 valence electrons. The molecule has 4 heteroatoms. The van der Waals surface area contributed by atoms with Crippen molar-refractivity contribution in [2.45, 2.75) is 39.7 Å². The highest BCUT2D eigenvalue weighted by atomic mass is 16.5. The molecule has 0 saturated carbocycles. The van der Waals surface area contributed by atoms with Crippen LogP contribution < -0.4 is 10.6 Å². The summed E-state index contributed by atoms with van der Waals surface area (Å²) >= 11 is 0. The topological polar surface area (TPSA) is 55.6 Å². The summed E-state index contributed by atoms with van der Waals surface area (Å²) < 4.78 is 5.06. The number of carbonyl (C=O) groups is 1. The molecule has 1 heterocycles. The number of rotatable bonds is 3. The summed E-state index contributed by atoms with van der Waals surface area (Å²) in [6.07, 6.45) is 2.45. The minimum absolute atomic E-state index is 0.343. The molecule has 2 rings (SSSR count). The SMILES string of the molecule is CCOC(=O)c1cc(N2CCCC(C)C2C)ccc1N. The molecule has 2 N–H and O–H groups in total. The Morgan fingerprint density at radius 3 is 2.90 bits per heavy atom. The molecule has 2 unspecified atom stereocenters. The molecule has 4 nitrogen and oxygen atoms in total. The smallest absolute Gasteiger partial charge is 0.340 e. The van der Waals surface area contributed by atoms with Gasteiger partial charge in [0, 0.05) is 24.0 Å². The number of ether oxygens (including phenoxy) is 1. The summed E-state index contributed by atoms with van der Waals surface area (Å²) in [5.74, 6) is 0.317. The van der Waals surface area contributed by atoms with Gasteiger partial charge in [0.25, 0.3) is 0 Å². The second kappa shape index (κ2) is 6.16. The molecule has 20 heavy (non-hydrogen) atoms. The highest BCUT2D eigenvalue weighted by Gasteiger charge is 2.25. The molecule has 0 amide bonds. The Morgan fingerprint density at radius 1 is 1.45 bits per heavy atom. The van der Waals surface area contributed by atoms with Crippen LogP contribution in [0.4, 0.5) is 11.4 Å². The van der Waals surface area contributed by atoms with Crippen LogP contribution in [0.15, 0.2) is 18.2 Å². The van der Waals surface area contributed by atoms with Gasteiger partial charge < -0.3 is 15.4 Å². The van der Waals surface area contributed by atoms with Gasteiger partial charge in [-0.25, -0.2) is 4.79 Å². The quantitative estimate of drug-likeness (QED) is 0.681. The summed E-state index contributed by atoms with van der Waals surface area (Å²) in [5.41, 5.74) is 7.89. The van der Waals surface area contributed by atoms with Crippen LogP contribution in [-0.2, 0) is 4.74 Å². The van der Waals surface area contributed by atoms with Crippen molar-refractivity contribution < 1.29 is 9.53 Å². The molecule has 0 aliphatic carbocycles. The van der Waals surface area contributed by atoms with Crippen LogP contribution >= 0.6 is 0 Å². The monoisotopic (exact) mass is 276 g/mol. The molecule has 0 bridgehead atoms. The number of piperidine rings is 1. The fraction of sp³-hybridized carbons (Fsp3) is 0.562. The largest absolute Gasteiger partial charge is 0.462 e. The predicted molar refractivity (Wildman–Crippen MR) is 82.0 cm³/mol. The number of hydrogen-bond donors (Lipinski definition) is 1. The zero-order chi connectivity index (χ0) is 14.7. The third-order valence-electron chi connectivity index (χ3n) is 4.24. The Morgan fingerprint density at radius 2 is 2.20 bits per heavy atom. The van der Waals surface area contributed by atoms with E-state index in [4.69, 9.17) is 10.5 Å². The van der Waals surface area contributed by atoms with Gasteiger partial charge in [-0.2, -0.15) is 0 Å². The minimum atomic E-state index is -0.343. The van der Waals surface area contributed by atoms with E-state index in [-0.39, 0.29) is 5.97 Å². The van der Waals surface area contributed by atoms with E-state index < -0.39 is 0 Å². The van der Waals surface area contributed by atoms with Crippen molar-refractivity contribution in [1.82, 2.24) is 0 Å². The van der Waals surface area contributed by atoms with Crippen LogP contribution in [0.5, 0.6) is 0 Å². The summed E-state index contributed by atoms with van der Waals surface area (Å²) in [6, 6.07) is 6.13. The van der Waals surface area contributed by atoms with Crippen molar-refractivity contribution in [3.8, 4) is 0 Å². The van der Waals surface area contributed by atoms with Crippen LogP contribution in [0, 0.1) is 5.92 Å². The second-order valence-corrected chi connectivity index (χ2v) is 5.55. The van der Waals surface area contributed by atoms with Crippen LogP contribution in [0.3, 0.4) is 0 Å². The Hall–Kier alpha value is -1.71. The Balaban J connectivity index is 2.28. The van der Waals surface area contributed by atoms with E-state index in [1.54, 1.807) is 13.0 Å². The average molecular weight is 276 g/mol. The summed E-state index contributed by atoms with van der Waals surface area (Å²) in [5, 5.41) is 0. The lowest BCUT2D eigenvalue weighted by Gasteiger charge is -2.39. The standard InChI is InChI=1S/C16H24N2O2/c1-4-20-16(19)14-10-13(7-8-15(14)17)18-9-5-6-11(2)12(18)3/h7-8,10-12H,4-6,9,17H2,1-3H3. The molecule has 1 aliphatic heterocycles. The molecular weight excluding hydrogens is 252 g/mol. The van der Waals surface area contributed by atoms with Gasteiger partial charge in [0.1, 0.15) is 0 Å². The van der Waals surface area contributed by atoms with Gasteiger partial charge in [0.05, 0.1) is 12.2 Å². The van der Waals surface area contributed by atoms with Crippen molar-refractivity contribution in [2.24, 2.45) is 5.92 Å². The number of nitrogens with zero attached hydrogens (tertiary/aromatic N) is 1. The van der Waals surface area contributed by atoms with Crippen LogP contribution in [-0.4, -0.2) is 25.2 Å². The molecule has 1 saturated heterocycles. The van der Waals surface area contributed by atoms with Crippen LogP contribution in [0.1, 0.15) is 44.0 Å². The lowest BCUT2D eigenvalue weighted by Crippen LogP contribution is -2.42. The fourth-order valence-electron chi connectivity index (χ4n) is 2.81. The lowest BCUT2D eigenvalue weighted by molar-refractivity contribution is 0.0527. The van der Waals surface area contributed by atoms with Gasteiger partial charge in [-0.3, -0.25) is 0 Å². The van der Waals surface area contributed by atoms with Crippen molar-refractivity contribution >= 4 is 17.3 Å². The zero-order valence-corrected chi connectivity index (χ0v) is 12.6. The van der Waals surface area contributed by atoms with E-state index >= 15 is 0 Å². The average Bonchev–Trinajstić information content (AvgIpc) is 2.43. The highest BCUT2D eigenvalue weighted by molar-refractivity contribution is 5.96. The molecule has 0 radical (unpaired) electrons. The van der Waals surface area contributed by atoms with Crippen molar-refractivity contribution in [1.29, 1.82) is 0 Å². The first-order chi connectivity index (χ1) is 9.54. The van der Waals surface area contributed by atoms with Gasteiger partial charge in [0.2, 0.25) is 0 Å². The van der Waals surface area contributed by atoms with Crippen LogP contribution in [0.25, 0.3) is 0 Å². The molecular formula is C16H24N2O2. The third-order valence-corrected chi connectivity index (χ3v) is 4.24. The molecule has 0 spiro atoms. The number of carbonyl (C=O) groups excluding carboxylic acids is 1. The molecule has 1 aromatic carbocycles. The summed E-state index contributed by atoms with van der Waals surface area (Å²) in [7, 11) is 0. The molecule has 1 fully saturated rings. The van der Waals surface area contributed by atoms with Gasteiger partial charge in [-0.1, -0.05) is 6.92 Å². The molecule has 2 atom stereocenters. The van der Waals surface area contributed by atoms with Gasteiger partial charge in [-0.15, -0.1) is 0 Å². The third kappa shape index (κ3) is 2.89. The Bertz CT molecular complexity index is 487. The number of anilines is 2. The number of hydrogen-bond acceptors (Lipinski definition) is 4. The van der Waals surface area contributed by atoms with E-state index in [0.29, 0.717) is 29.8 Å². The first kappa shape index (κ1) is 14.7. The molecule has 1 aromatic rings. The second-order valence-electron chi connectivity index (χ2n) is 5.55. The maximum atomic E-state index is 11.9. The van der Waals surface area contributed by atoms with E-state index in [9.17, 15) is 4.79 Å². The van der Waals surface area contributed by atoms with Gasteiger partial charge in [0.15, 0.2) is 0 Å². The number of esters is 1. The normalized spacial score (nSPS) is 22.6. The number of nitrogen functional groups attached to an aromatic ring is 1. The summed E-state index contributed by atoms with van der Waals surface area (Å²) in [4.78, 5) is 14.3. The maximum absolute atomic E-state index is 11.9. The van der Waals surface area contributed by atoms with E-state index in [2.05, 4.69) is 18.7 Å². The lowest BCUT2D eigenvalue weighted by atomic mass is 9.91. The van der Waals surface area contributed by atoms with E-state index in [1.807, 2.05) is 12.1 Å². The number of benzene rings is 1. The van der Waals surface area contributed by atoms with Crippen molar-refractivity contribution in [3.05, 3.63) is 23.8 Å². The maximum Gasteiger partial charge on any atom is 0.340 e. The van der Waals surface area contributed by atoms with Gasteiger partial charge >= 0.3 is 5.97 Å².